The van der Waals surface area contributed by atoms with Crippen LogP contribution in [-0.2, 0) is 50.1 Å². The maximum atomic E-state index is 6.85. The Morgan fingerprint density at radius 1 is 0.581 bits per heavy atom. The highest BCUT2D eigenvalue weighted by Crippen LogP contribution is 2.51. The van der Waals surface area contributed by atoms with Crippen molar-refractivity contribution in [2.24, 2.45) is 0 Å². The van der Waals surface area contributed by atoms with Crippen molar-refractivity contribution < 1.29 is 23.7 Å². The van der Waals surface area contributed by atoms with Gasteiger partial charge in [0.05, 0.1) is 38.3 Å². The van der Waals surface area contributed by atoms with Crippen LogP contribution in [0.2, 0.25) is 0 Å². The van der Waals surface area contributed by atoms with Crippen LogP contribution in [0.15, 0.2) is 121 Å². The van der Waals surface area contributed by atoms with Crippen LogP contribution in [0.1, 0.15) is 35.1 Å². The lowest BCUT2D eigenvalue weighted by atomic mass is 9.96. The molecule has 6 rings (SSSR count). The molecule has 0 amide bonds. The van der Waals surface area contributed by atoms with E-state index in [1.54, 1.807) is 0 Å². The van der Waals surface area contributed by atoms with Gasteiger partial charge >= 0.3 is 0 Å². The summed E-state index contributed by atoms with van der Waals surface area (Å²) < 4.78 is 33.5. The van der Waals surface area contributed by atoms with Gasteiger partial charge in [-0.2, -0.15) is 0 Å². The van der Waals surface area contributed by atoms with E-state index in [0.29, 0.717) is 39.6 Å². The first-order valence-electron chi connectivity index (χ1n) is 15.2. The fraction of sp³-hybridized carbons (Fsp3) is 0.351. The Labute approximate surface area is 259 Å². The molecule has 5 atom stereocenters. The molecule has 0 saturated carbocycles. The Morgan fingerprint density at radius 2 is 1.05 bits per heavy atom. The van der Waals surface area contributed by atoms with Crippen molar-refractivity contribution >= 4 is 11.8 Å². The van der Waals surface area contributed by atoms with Crippen molar-refractivity contribution in [3.63, 3.8) is 0 Å². The Bertz CT molecular complexity index is 1350. The number of thioether (sulfide) groups is 1. The summed E-state index contributed by atoms with van der Waals surface area (Å²) in [6, 6.07) is 41.3. The van der Waals surface area contributed by atoms with Gasteiger partial charge in [-0.1, -0.05) is 121 Å². The molecule has 4 aromatic carbocycles. The van der Waals surface area contributed by atoms with Crippen LogP contribution < -0.4 is 0 Å². The van der Waals surface area contributed by atoms with Crippen LogP contribution >= 0.6 is 11.8 Å². The molecule has 4 aromatic rings. The Kier molecular flexibility index (Phi) is 10.6. The van der Waals surface area contributed by atoms with E-state index >= 15 is 0 Å². The molecular weight excluding hydrogens is 556 g/mol. The van der Waals surface area contributed by atoms with E-state index in [0.717, 1.165) is 35.1 Å². The second-order valence-corrected chi connectivity index (χ2v) is 12.7. The molecule has 0 aliphatic carbocycles. The summed E-state index contributed by atoms with van der Waals surface area (Å²) in [5.41, 5.74) is 4.51. The molecule has 2 aliphatic rings. The minimum Gasteiger partial charge on any atom is -0.376 e. The first-order valence-corrected chi connectivity index (χ1v) is 16.1. The molecule has 0 radical (unpaired) electrons. The predicted octanol–water partition coefficient (Wildman–Crippen LogP) is 7.58. The summed E-state index contributed by atoms with van der Waals surface area (Å²) in [6.45, 7) is 3.17. The van der Waals surface area contributed by atoms with Gasteiger partial charge in [0.1, 0.15) is 23.2 Å². The maximum absolute atomic E-state index is 6.85. The monoisotopic (exact) mass is 596 g/mol. The van der Waals surface area contributed by atoms with Crippen molar-refractivity contribution in [3.05, 3.63) is 144 Å². The van der Waals surface area contributed by atoms with Crippen molar-refractivity contribution in [2.45, 2.75) is 67.8 Å². The number of ether oxygens (including phenoxy) is 5. The molecule has 224 valence electrons. The van der Waals surface area contributed by atoms with E-state index < -0.39 is 4.93 Å². The molecular formula is C37H40O5S. The number of hydrogen-bond acceptors (Lipinski definition) is 6. The Morgan fingerprint density at radius 3 is 1.53 bits per heavy atom. The van der Waals surface area contributed by atoms with Crippen molar-refractivity contribution in [1.82, 2.24) is 0 Å². The summed E-state index contributed by atoms with van der Waals surface area (Å²) >= 11 is 1.81. The normalized spacial score (nSPS) is 25.2. The summed E-state index contributed by atoms with van der Waals surface area (Å²) in [5, 5.41) is -0.0112. The Hall–Kier alpha value is -2.97. The molecule has 2 fully saturated rings. The Balaban J connectivity index is 1.29. The molecule has 0 N–H and O–H groups in total. The summed E-state index contributed by atoms with van der Waals surface area (Å²) in [6.07, 6.45) is 0.910. The highest BCUT2D eigenvalue weighted by atomic mass is 32.2. The summed E-state index contributed by atoms with van der Waals surface area (Å²) in [4.78, 5) is -0.538. The SMILES string of the molecule is c1ccc(COC[C@H]2SC3(CCCO3)[C@H](OCc3ccccc3)[C@@H](OCc3ccccc3)[C@@H]2OCc2ccccc2)cc1. The smallest absolute Gasteiger partial charge is 0.143 e. The van der Waals surface area contributed by atoms with Crippen molar-refractivity contribution in [2.75, 3.05) is 13.2 Å². The third-order valence-corrected chi connectivity index (χ3v) is 9.69. The van der Waals surface area contributed by atoms with E-state index in [1.807, 2.05) is 84.6 Å². The zero-order valence-electron chi connectivity index (χ0n) is 24.5. The largest absolute Gasteiger partial charge is 0.376 e. The molecule has 2 heterocycles. The lowest BCUT2D eigenvalue weighted by molar-refractivity contribution is -0.198. The molecule has 5 nitrogen and oxygen atoms in total. The molecule has 2 aliphatic heterocycles. The molecule has 2 saturated heterocycles. The number of rotatable bonds is 13. The van der Waals surface area contributed by atoms with E-state index in [4.69, 9.17) is 23.7 Å². The fourth-order valence-electron chi connectivity index (χ4n) is 5.87. The molecule has 0 bridgehead atoms. The zero-order valence-corrected chi connectivity index (χ0v) is 25.3. The quantitative estimate of drug-likeness (QED) is 0.159. The molecule has 1 spiro atoms. The van der Waals surface area contributed by atoms with Crippen molar-refractivity contribution in [3.8, 4) is 0 Å². The van der Waals surface area contributed by atoms with Gasteiger partial charge in [-0.05, 0) is 35.1 Å². The van der Waals surface area contributed by atoms with E-state index in [1.165, 1.54) is 0 Å². The molecule has 43 heavy (non-hydrogen) atoms. The van der Waals surface area contributed by atoms with Crippen LogP contribution in [0.25, 0.3) is 0 Å². The second kappa shape index (κ2) is 15.2. The van der Waals surface area contributed by atoms with Gasteiger partial charge in [-0.3, -0.25) is 0 Å². The standard InChI is InChI=1S/C37H40O5S/c1-5-14-29(15-6-1)24-38-28-33-34(39-25-30-16-7-2-8-17-30)35(40-26-31-18-9-3-10-19-31)36(37(43-33)22-13-23-42-37)41-27-32-20-11-4-12-21-32/h1-12,14-21,33-36H,13,22-28H2/t33-,34-,35+,36-,37?/m1/s1. The minimum atomic E-state index is -0.538. The predicted molar refractivity (Wildman–Crippen MR) is 170 cm³/mol. The average Bonchev–Trinajstić information content (AvgIpc) is 3.53. The topological polar surface area (TPSA) is 46.2 Å². The van der Waals surface area contributed by atoms with Gasteiger partial charge in [-0.15, -0.1) is 11.8 Å². The highest BCUT2D eigenvalue weighted by molar-refractivity contribution is 8.01. The van der Waals surface area contributed by atoms with Gasteiger partial charge in [0.2, 0.25) is 0 Å². The lowest BCUT2D eigenvalue weighted by Gasteiger charge is -2.50. The number of benzene rings is 4. The highest BCUT2D eigenvalue weighted by Gasteiger charge is 2.58. The first kappa shape index (κ1) is 30.1. The summed E-state index contributed by atoms with van der Waals surface area (Å²) in [5.74, 6) is 0. The van der Waals surface area contributed by atoms with Crippen LogP contribution in [0, 0.1) is 0 Å². The van der Waals surface area contributed by atoms with E-state index in [2.05, 4.69) is 48.5 Å². The first-order chi connectivity index (χ1) is 21.3. The minimum absolute atomic E-state index is 0.0112. The van der Waals surface area contributed by atoms with Crippen LogP contribution in [0.3, 0.4) is 0 Å². The van der Waals surface area contributed by atoms with Gasteiger partial charge < -0.3 is 23.7 Å². The van der Waals surface area contributed by atoms with E-state index in [9.17, 15) is 0 Å². The molecule has 6 heteroatoms. The fourth-order valence-corrected chi connectivity index (χ4v) is 7.67. The lowest BCUT2D eigenvalue weighted by Crippen LogP contribution is -2.62. The summed E-state index contributed by atoms with van der Waals surface area (Å²) in [7, 11) is 0. The van der Waals surface area contributed by atoms with E-state index in [-0.39, 0.29) is 23.6 Å². The molecule has 0 aromatic heterocycles. The van der Waals surface area contributed by atoms with Crippen LogP contribution in [-0.4, -0.2) is 41.7 Å². The van der Waals surface area contributed by atoms with Crippen LogP contribution in [0.4, 0.5) is 0 Å². The van der Waals surface area contributed by atoms with Gasteiger partial charge in [0.15, 0.2) is 0 Å². The third kappa shape index (κ3) is 7.95. The third-order valence-electron chi connectivity index (χ3n) is 8.03. The van der Waals surface area contributed by atoms with Gasteiger partial charge in [0, 0.05) is 6.61 Å². The van der Waals surface area contributed by atoms with Crippen molar-refractivity contribution in [1.29, 1.82) is 0 Å². The second-order valence-electron chi connectivity index (χ2n) is 11.2. The molecule has 1 unspecified atom stereocenters. The maximum Gasteiger partial charge on any atom is 0.143 e. The van der Waals surface area contributed by atoms with Gasteiger partial charge in [-0.25, -0.2) is 0 Å². The zero-order chi connectivity index (χ0) is 29.2. The van der Waals surface area contributed by atoms with Crippen LogP contribution in [0.5, 0.6) is 0 Å². The average molecular weight is 597 g/mol. The number of hydrogen-bond donors (Lipinski definition) is 0. The van der Waals surface area contributed by atoms with Gasteiger partial charge in [0.25, 0.3) is 0 Å².